The van der Waals surface area contributed by atoms with Crippen molar-refractivity contribution in [2.24, 2.45) is 0 Å². The van der Waals surface area contributed by atoms with Crippen molar-refractivity contribution >= 4 is 17.2 Å². The molecule has 0 fully saturated rings. The van der Waals surface area contributed by atoms with Crippen LogP contribution in [0.5, 0.6) is 0 Å². The molecule has 134 valence electrons. The lowest BCUT2D eigenvalue weighted by molar-refractivity contribution is 0.102. The molecule has 1 N–H and O–H groups in total. The Balaban J connectivity index is 1.46. The highest BCUT2D eigenvalue weighted by molar-refractivity contribution is 6.04. The fourth-order valence-electron chi connectivity index (χ4n) is 3.60. The SMILES string of the molecule is Cc1ccc(-c2cn3c(n2)CCC3)cc1NC(=O)c1cnc2ccccn12. The molecule has 0 saturated carbocycles. The van der Waals surface area contributed by atoms with Crippen LogP contribution in [0.1, 0.15) is 28.3 Å². The van der Waals surface area contributed by atoms with E-state index in [9.17, 15) is 4.79 Å². The number of nitrogens with one attached hydrogen (secondary N) is 1. The molecule has 4 aromatic rings. The van der Waals surface area contributed by atoms with Gasteiger partial charge in [-0.15, -0.1) is 0 Å². The Morgan fingerprint density at radius 3 is 3.04 bits per heavy atom. The molecule has 1 aromatic carbocycles. The predicted octanol–water partition coefficient (Wildman–Crippen LogP) is 3.70. The number of carbonyl (C=O) groups excluding carboxylic acids is 1. The van der Waals surface area contributed by atoms with Crippen LogP contribution in [0.15, 0.2) is 55.0 Å². The maximum absolute atomic E-state index is 12.8. The zero-order valence-corrected chi connectivity index (χ0v) is 15.0. The van der Waals surface area contributed by atoms with Crippen LogP contribution >= 0.6 is 0 Å². The van der Waals surface area contributed by atoms with Gasteiger partial charge in [-0.05, 0) is 37.1 Å². The first-order chi connectivity index (χ1) is 13.2. The largest absolute Gasteiger partial charge is 0.334 e. The molecule has 27 heavy (non-hydrogen) atoms. The van der Waals surface area contributed by atoms with Crippen molar-refractivity contribution in [2.45, 2.75) is 26.3 Å². The Bertz CT molecular complexity index is 1150. The number of pyridine rings is 1. The van der Waals surface area contributed by atoms with E-state index < -0.39 is 0 Å². The number of imidazole rings is 2. The number of amides is 1. The quantitative estimate of drug-likeness (QED) is 0.608. The van der Waals surface area contributed by atoms with E-state index >= 15 is 0 Å². The minimum atomic E-state index is -0.179. The lowest BCUT2D eigenvalue weighted by Gasteiger charge is -2.10. The number of hydrogen-bond acceptors (Lipinski definition) is 3. The number of anilines is 1. The number of hydrogen-bond donors (Lipinski definition) is 1. The van der Waals surface area contributed by atoms with E-state index in [4.69, 9.17) is 4.98 Å². The average molecular weight is 357 g/mol. The molecule has 6 nitrogen and oxygen atoms in total. The number of benzene rings is 1. The molecular formula is C21H19N5O. The maximum Gasteiger partial charge on any atom is 0.274 e. The number of carbonyl (C=O) groups is 1. The van der Waals surface area contributed by atoms with Crippen LogP contribution in [-0.4, -0.2) is 24.8 Å². The zero-order valence-electron chi connectivity index (χ0n) is 15.0. The first-order valence-corrected chi connectivity index (χ1v) is 9.09. The standard InChI is InChI=1S/C21H19N5O/c1-14-7-8-15(17-13-25-9-4-6-20(25)23-17)11-16(14)24-21(27)18-12-22-19-5-2-3-10-26(18)19/h2-3,5,7-8,10-13H,4,6,9H2,1H3,(H,24,27). The summed E-state index contributed by atoms with van der Waals surface area (Å²) >= 11 is 0. The van der Waals surface area contributed by atoms with E-state index in [-0.39, 0.29) is 5.91 Å². The number of rotatable bonds is 3. The molecule has 0 saturated heterocycles. The summed E-state index contributed by atoms with van der Waals surface area (Å²) in [4.78, 5) is 21.8. The van der Waals surface area contributed by atoms with E-state index in [1.807, 2.05) is 43.5 Å². The maximum atomic E-state index is 12.8. The van der Waals surface area contributed by atoms with Crippen LogP contribution in [0.25, 0.3) is 16.9 Å². The van der Waals surface area contributed by atoms with E-state index in [2.05, 4.69) is 27.1 Å². The Labute approximate surface area is 156 Å². The van der Waals surface area contributed by atoms with Gasteiger partial charge in [0.05, 0.1) is 11.9 Å². The Morgan fingerprint density at radius 2 is 2.15 bits per heavy atom. The van der Waals surface area contributed by atoms with Crippen molar-refractivity contribution < 1.29 is 4.79 Å². The molecule has 1 aliphatic rings. The molecular weight excluding hydrogens is 338 g/mol. The van der Waals surface area contributed by atoms with Crippen LogP contribution in [0.3, 0.4) is 0 Å². The van der Waals surface area contributed by atoms with Crippen LogP contribution in [0.4, 0.5) is 5.69 Å². The average Bonchev–Trinajstić information content (AvgIpc) is 3.37. The molecule has 1 amide bonds. The summed E-state index contributed by atoms with van der Waals surface area (Å²) in [6.45, 7) is 3.02. The van der Waals surface area contributed by atoms with Crippen LogP contribution in [0.2, 0.25) is 0 Å². The first-order valence-electron chi connectivity index (χ1n) is 9.09. The van der Waals surface area contributed by atoms with Crippen LogP contribution in [-0.2, 0) is 13.0 Å². The van der Waals surface area contributed by atoms with Gasteiger partial charge in [0.2, 0.25) is 0 Å². The van der Waals surface area contributed by atoms with Crippen molar-refractivity contribution in [1.29, 1.82) is 0 Å². The summed E-state index contributed by atoms with van der Waals surface area (Å²) in [7, 11) is 0. The molecule has 4 heterocycles. The van der Waals surface area contributed by atoms with Crippen molar-refractivity contribution in [1.82, 2.24) is 18.9 Å². The molecule has 1 aliphatic heterocycles. The summed E-state index contributed by atoms with van der Waals surface area (Å²) in [6.07, 6.45) is 7.74. The minimum absolute atomic E-state index is 0.179. The summed E-state index contributed by atoms with van der Waals surface area (Å²) in [6, 6.07) is 11.7. The van der Waals surface area contributed by atoms with E-state index in [1.54, 1.807) is 10.6 Å². The Kier molecular flexibility index (Phi) is 3.57. The van der Waals surface area contributed by atoms with E-state index in [0.29, 0.717) is 5.69 Å². The lowest BCUT2D eigenvalue weighted by Crippen LogP contribution is -2.15. The number of aromatic nitrogens is 4. The highest BCUT2D eigenvalue weighted by Crippen LogP contribution is 2.27. The Hall–Kier alpha value is -3.41. The summed E-state index contributed by atoms with van der Waals surface area (Å²) in [5.41, 5.74) is 5.02. The molecule has 0 atom stereocenters. The fourth-order valence-corrected chi connectivity index (χ4v) is 3.60. The summed E-state index contributed by atoms with van der Waals surface area (Å²) in [5, 5.41) is 3.03. The minimum Gasteiger partial charge on any atom is -0.334 e. The Morgan fingerprint density at radius 1 is 1.22 bits per heavy atom. The number of aryl methyl sites for hydroxylation is 3. The predicted molar refractivity (Wildman–Crippen MR) is 104 cm³/mol. The number of fused-ring (bicyclic) bond motifs is 2. The second-order valence-electron chi connectivity index (χ2n) is 6.90. The van der Waals surface area contributed by atoms with Crippen molar-refractivity contribution in [3.8, 4) is 11.3 Å². The van der Waals surface area contributed by atoms with Gasteiger partial charge < -0.3 is 9.88 Å². The van der Waals surface area contributed by atoms with E-state index in [1.165, 1.54) is 0 Å². The van der Waals surface area contributed by atoms with Gasteiger partial charge in [-0.3, -0.25) is 9.20 Å². The normalized spacial score (nSPS) is 13.1. The third-order valence-corrected chi connectivity index (χ3v) is 5.09. The molecule has 0 unspecified atom stereocenters. The van der Waals surface area contributed by atoms with Crippen LogP contribution < -0.4 is 5.32 Å². The summed E-state index contributed by atoms with van der Waals surface area (Å²) < 4.78 is 4.00. The first kappa shape index (κ1) is 15.8. The molecule has 0 aliphatic carbocycles. The topological polar surface area (TPSA) is 64.2 Å². The second-order valence-corrected chi connectivity index (χ2v) is 6.90. The fraction of sp³-hybridized carbons (Fsp3) is 0.190. The van der Waals surface area contributed by atoms with E-state index in [0.717, 1.165) is 53.4 Å². The monoisotopic (exact) mass is 357 g/mol. The molecule has 6 heteroatoms. The third-order valence-electron chi connectivity index (χ3n) is 5.09. The molecule has 0 bridgehead atoms. The summed E-state index contributed by atoms with van der Waals surface area (Å²) in [5.74, 6) is 0.961. The van der Waals surface area contributed by atoms with Gasteiger partial charge in [-0.25, -0.2) is 9.97 Å². The molecule has 0 spiro atoms. The number of nitrogens with zero attached hydrogens (tertiary/aromatic N) is 4. The van der Waals surface area contributed by atoms with Crippen molar-refractivity contribution in [2.75, 3.05) is 5.32 Å². The highest BCUT2D eigenvalue weighted by atomic mass is 16.1. The molecule has 0 radical (unpaired) electrons. The van der Waals surface area contributed by atoms with Crippen LogP contribution in [0, 0.1) is 6.92 Å². The smallest absolute Gasteiger partial charge is 0.274 e. The van der Waals surface area contributed by atoms with Crippen molar-refractivity contribution in [3.63, 3.8) is 0 Å². The van der Waals surface area contributed by atoms with Gasteiger partial charge in [0.15, 0.2) is 0 Å². The van der Waals surface area contributed by atoms with Gasteiger partial charge in [0, 0.05) is 36.6 Å². The highest BCUT2D eigenvalue weighted by Gasteiger charge is 2.17. The van der Waals surface area contributed by atoms with Gasteiger partial charge in [-0.2, -0.15) is 0 Å². The van der Waals surface area contributed by atoms with Crippen molar-refractivity contribution in [3.05, 3.63) is 72.1 Å². The third kappa shape index (κ3) is 2.70. The molecule has 3 aromatic heterocycles. The lowest BCUT2D eigenvalue weighted by atomic mass is 10.1. The van der Waals surface area contributed by atoms with Gasteiger partial charge in [-0.1, -0.05) is 18.2 Å². The van der Waals surface area contributed by atoms with Gasteiger partial charge >= 0.3 is 0 Å². The zero-order chi connectivity index (χ0) is 18.4. The second kappa shape index (κ2) is 6.09. The van der Waals surface area contributed by atoms with Gasteiger partial charge in [0.25, 0.3) is 5.91 Å². The van der Waals surface area contributed by atoms with Gasteiger partial charge in [0.1, 0.15) is 17.2 Å². The molecule has 5 rings (SSSR count).